The van der Waals surface area contributed by atoms with Gasteiger partial charge in [-0.2, -0.15) is 0 Å². The van der Waals surface area contributed by atoms with Gasteiger partial charge < -0.3 is 0 Å². The lowest BCUT2D eigenvalue weighted by atomic mass is 9.82. The summed E-state index contributed by atoms with van der Waals surface area (Å²) in [7, 11) is 0. The van der Waals surface area contributed by atoms with Crippen molar-refractivity contribution in [2.24, 2.45) is 0 Å². The van der Waals surface area contributed by atoms with Crippen LogP contribution in [0.15, 0.2) is 42.5 Å². The number of benzene rings is 2. The van der Waals surface area contributed by atoms with Crippen LogP contribution in [0.2, 0.25) is 0 Å². The first kappa shape index (κ1) is 15.5. The fourth-order valence-electron chi connectivity index (χ4n) is 3.24. The summed E-state index contributed by atoms with van der Waals surface area (Å²) in [6.07, 6.45) is 1.91. The van der Waals surface area contributed by atoms with Crippen molar-refractivity contribution in [1.29, 1.82) is 0 Å². The predicted molar refractivity (Wildman–Crippen MR) is 89.1 cm³/mol. The lowest BCUT2D eigenvalue weighted by molar-refractivity contribution is 0.0954. The van der Waals surface area contributed by atoms with Crippen LogP contribution in [0.25, 0.3) is 0 Å². The third kappa shape index (κ3) is 3.41. The molecule has 2 aromatic carbocycles. The number of Topliss-reactive ketones (excluding diaryl/α,β-unsaturated/α-hetero) is 1. The fraction of sp³-hybridized carbons (Fsp3) is 0.350. The number of ketones is 1. The van der Waals surface area contributed by atoms with Crippen molar-refractivity contribution in [2.75, 3.05) is 0 Å². The third-order valence-electron chi connectivity index (χ3n) is 4.04. The molecule has 0 N–H and O–H groups in total. The maximum absolute atomic E-state index is 12.9. The van der Waals surface area contributed by atoms with Crippen molar-refractivity contribution >= 4 is 5.78 Å². The first-order valence-corrected chi connectivity index (χ1v) is 7.71. The van der Waals surface area contributed by atoms with Crippen molar-refractivity contribution in [3.8, 4) is 0 Å². The van der Waals surface area contributed by atoms with Gasteiger partial charge in [-0.3, -0.25) is 4.79 Å². The van der Waals surface area contributed by atoms with Crippen LogP contribution in [0.4, 0.5) is 0 Å². The highest BCUT2D eigenvalue weighted by Gasteiger charge is 2.24. The average Bonchev–Trinajstić information content (AvgIpc) is 2.45. The minimum absolute atomic E-state index is 0.0296. The van der Waals surface area contributed by atoms with E-state index in [1.807, 2.05) is 30.3 Å². The summed E-state index contributed by atoms with van der Waals surface area (Å²) in [4.78, 5) is 12.9. The van der Waals surface area contributed by atoms with Gasteiger partial charge >= 0.3 is 0 Å². The second kappa shape index (κ2) is 6.71. The Morgan fingerprint density at radius 2 is 1.57 bits per heavy atom. The maximum Gasteiger partial charge on any atom is 0.170 e. The molecule has 0 aromatic heterocycles. The Bertz CT molecular complexity index is 603. The molecule has 0 aliphatic rings. The molecule has 0 aliphatic carbocycles. The topological polar surface area (TPSA) is 17.1 Å². The summed E-state index contributed by atoms with van der Waals surface area (Å²) in [5, 5.41) is 0. The lowest BCUT2D eigenvalue weighted by Gasteiger charge is -2.21. The van der Waals surface area contributed by atoms with Crippen LogP contribution in [-0.4, -0.2) is 5.78 Å². The molecule has 1 unspecified atom stereocenters. The average molecular weight is 280 g/mol. The minimum Gasteiger partial charge on any atom is -0.293 e. The molecule has 21 heavy (non-hydrogen) atoms. The van der Waals surface area contributed by atoms with Crippen LogP contribution in [0.3, 0.4) is 0 Å². The Hall–Kier alpha value is -1.89. The van der Waals surface area contributed by atoms with Crippen LogP contribution < -0.4 is 0 Å². The third-order valence-corrected chi connectivity index (χ3v) is 4.04. The van der Waals surface area contributed by atoms with Gasteiger partial charge in [0.1, 0.15) is 0 Å². The van der Waals surface area contributed by atoms with E-state index in [0.29, 0.717) is 0 Å². The summed E-state index contributed by atoms with van der Waals surface area (Å²) >= 11 is 0. The zero-order chi connectivity index (χ0) is 15.4. The quantitative estimate of drug-likeness (QED) is 0.672. The molecule has 2 rings (SSSR count). The molecule has 0 bridgehead atoms. The summed E-state index contributed by atoms with van der Waals surface area (Å²) in [6, 6.07) is 14.0. The molecule has 1 nitrogen and oxygen atoms in total. The van der Waals surface area contributed by atoms with E-state index in [2.05, 4.69) is 39.8 Å². The van der Waals surface area contributed by atoms with Crippen LogP contribution in [0.1, 0.15) is 58.3 Å². The van der Waals surface area contributed by atoms with Gasteiger partial charge in [0.05, 0.1) is 0 Å². The summed E-state index contributed by atoms with van der Waals surface area (Å²) in [5.74, 6) is 0.213. The van der Waals surface area contributed by atoms with Crippen LogP contribution >= 0.6 is 0 Å². The smallest absolute Gasteiger partial charge is 0.170 e. The van der Waals surface area contributed by atoms with E-state index in [1.54, 1.807) is 0 Å². The van der Waals surface area contributed by atoms with Gasteiger partial charge in [-0.25, -0.2) is 0 Å². The summed E-state index contributed by atoms with van der Waals surface area (Å²) in [6.45, 7) is 8.49. The standard InChI is InChI=1S/C20H24O/c1-5-9-18(20(21)17-10-7-6-8-11-17)19-15(3)12-14(2)13-16(19)4/h6-8,10-13,18H,5,9H2,1-4H3. The highest BCUT2D eigenvalue weighted by atomic mass is 16.1. The highest BCUT2D eigenvalue weighted by molar-refractivity contribution is 6.01. The monoisotopic (exact) mass is 280 g/mol. The highest BCUT2D eigenvalue weighted by Crippen LogP contribution is 2.31. The van der Waals surface area contributed by atoms with Gasteiger partial charge in [-0.15, -0.1) is 0 Å². The molecule has 0 spiro atoms. The number of aryl methyl sites for hydroxylation is 3. The molecule has 0 saturated heterocycles. The molecule has 1 heteroatoms. The second-order valence-corrected chi connectivity index (χ2v) is 5.88. The number of carbonyl (C=O) groups excluding carboxylic acids is 1. The summed E-state index contributed by atoms with van der Waals surface area (Å²) in [5.41, 5.74) is 5.76. The Morgan fingerprint density at radius 3 is 2.10 bits per heavy atom. The van der Waals surface area contributed by atoms with Gasteiger partial charge in [0.15, 0.2) is 5.78 Å². The van der Waals surface area contributed by atoms with Crippen molar-refractivity contribution in [3.05, 3.63) is 70.3 Å². The van der Waals surface area contributed by atoms with E-state index in [0.717, 1.165) is 18.4 Å². The molecule has 1 atom stereocenters. The van der Waals surface area contributed by atoms with Crippen LogP contribution in [-0.2, 0) is 0 Å². The molecule has 0 heterocycles. The molecule has 2 aromatic rings. The maximum atomic E-state index is 12.9. The molecular weight excluding hydrogens is 256 g/mol. The molecule has 0 fully saturated rings. The van der Waals surface area contributed by atoms with Crippen molar-refractivity contribution in [2.45, 2.75) is 46.5 Å². The Balaban J connectivity index is 2.47. The zero-order valence-electron chi connectivity index (χ0n) is 13.4. The normalized spacial score (nSPS) is 12.2. The van der Waals surface area contributed by atoms with Gasteiger partial charge in [-0.1, -0.05) is 61.4 Å². The molecule has 0 radical (unpaired) electrons. The summed E-state index contributed by atoms with van der Waals surface area (Å²) < 4.78 is 0. The Kier molecular flexibility index (Phi) is 4.95. The predicted octanol–water partition coefficient (Wildman–Crippen LogP) is 5.38. The second-order valence-electron chi connectivity index (χ2n) is 5.88. The minimum atomic E-state index is -0.0296. The van der Waals surface area contributed by atoms with Crippen molar-refractivity contribution < 1.29 is 4.79 Å². The van der Waals surface area contributed by atoms with Gasteiger partial charge in [0.25, 0.3) is 0 Å². The van der Waals surface area contributed by atoms with E-state index in [4.69, 9.17) is 0 Å². The number of hydrogen-bond acceptors (Lipinski definition) is 1. The first-order chi connectivity index (χ1) is 10.0. The van der Waals surface area contributed by atoms with Crippen LogP contribution in [0, 0.1) is 20.8 Å². The Labute approximate surface area is 128 Å². The SMILES string of the molecule is CCCC(C(=O)c1ccccc1)c1c(C)cc(C)cc1C. The first-order valence-electron chi connectivity index (χ1n) is 7.71. The van der Waals surface area contributed by atoms with E-state index in [-0.39, 0.29) is 11.7 Å². The van der Waals surface area contributed by atoms with E-state index >= 15 is 0 Å². The van der Waals surface area contributed by atoms with Gasteiger partial charge in [-0.05, 0) is 43.9 Å². The van der Waals surface area contributed by atoms with Gasteiger partial charge in [0.2, 0.25) is 0 Å². The molecule has 0 saturated carbocycles. The molecular formula is C20H24O. The lowest BCUT2D eigenvalue weighted by Crippen LogP contribution is -2.15. The number of rotatable bonds is 5. The van der Waals surface area contributed by atoms with Crippen molar-refractivity contribution in [3.63, 3.8) is 0 Å². The van der Waals surface area contributed by atoms with E-state index in [1.165, 1.54) is 22.3 Å². The van der Waals surface area contributed by atoms with E-state index < -0.39 is 0 Å². The molecule has 0 aliphatic heterocycles. The zero-order valence-corrected chi connectivity index (χ0v) is 13.4. The molecule has 0 amide bonds. The van der Waals surface area contributed by atoms with E-state index in [9.17, 15) is 4.79 Å². The number of hydrogen-bond donors (Lipinski definition) is 0. The van der Waals surface area contributed by atoms with Crippen molar-refractivity contribution in [1.82, 2.24) is 0 Å². The van der Waals surface area contributed by atoms with Gasteiger partial charge in [0, 0.05) is 11.5 Å². The number of carbonyl (C=O) groups is 1. The van der Waals surface area contributed by atoms with Crippen LogP contribution in [0.5, 0.6) is 0 Å². The molecule has 110 valence electrons. The Morgan fingerprint density at radius 1 is 1.00 bits per heavy atom. The fourth-order valence-corrected chi connectivity index (χ4v) is 3.24. The largest absolute Gasteiger partial charge is 0.293 e.